The van der Waals surface area contributed by atoms with Crippen molar-refractivity contribution in [1.29, 1.82) is 0 Å². The summed E-state index contributed by atoms with van der Waals surface area (Å²) in [6.45, 7) is 0.510. The van der Waals surface area contributed by atoms with Gasteiger partial charge in [-0.15, -0.1) is 0 Å². The molecule has 78 valence electrons. The van der Waals surface area contributed by atoms with Gasteiger partial charge < -0.3 is 15.2 Å². The van der Waals surface area contributed by atoms with Gasteiger partial charge in [0.2, 0.25) is 0 Å². The van der Waals surface area contributed by atoms with Crippen LogP contribution in [0.15, 0.2) is 24.3 Å². The molecule has 0 bridgehead atoms. The summed E-state index contributed by atoms with van der Waals surface area (Å²) < 4.78 is 18.1. The van der Waals surface area contributed by atoms with Gasteiger partial charge in [-0.2, -0.15) is 0 Å². The van der Waals surface area contributed by atoms with Crippen molar-refractivity contribution >= 4 is 0 Å². The van der Waals surface area contributed by atoms with Crippen molar-refractivity contribution < 1.29 is 14.2 Å². The van der Waals surface area contributed by atoms with E-state index in [2.05, 4.69) is 5.32 Å². The first-order valence-electron chi connectivity index (χ1n) is 4.44. The molecule has 2 N–H and O–H groups in total. The number of halogens is 1. The molecule has 1 unspecified atom stereocenters. The van der Waals surface area contributed by atoms with Crippen LogP contribution in [0, 0.1) is 5.82 Å². The van der Waals surface area contributed by atoms with E-state index in [1.807, 2.05) is 0 Å². The summed E-state index contributed by atoms with van der Waals surface area (Å²) in [7, 11) is 1.73. The first-order valence-corrected chi connectivity index (χ1v) is 4.44. The predicted octanol–water partition coefficient (Wildman–Crippen LogP) is 0.785. The number of para-hydroxylation sites is 1. The first kappa shape index (κ1) is 10.9. The van der Waals surface area contributed by atoms with Crippen LogP contribution in [0.1, 0.15) is 0 Å². The van der Waals surface area contributed by atoms with Gasteiger partial charge in [0.1, 0.15) is 12.7 Å². The number of hydrogen-bond donors (Lipinski definition) is 2. The SMILES string of the molecule is CNCC(O)COc1ccccc1F. The van der Waals surface area contributed by atoms with Crippen molar-refractivity contribution in [2.75, 3.05) is 20.2 Å². The van der Waals surface area contributed by atoms with Gasteiger partial charge >= 0.3 is 0 Å². The van der Waals surface area contributed by atoms with E-state index in [4.69, 9.17) is 4.74 Å². The predicted molar refractivity (Wildman–Crippen MR) is 51.8 cm³/mol. The molecule has 0 saturated carbocycles. The van der Waals surface area contributed by atoms with E-state index in [9.17, 15) is 9.50 Å². The van der Waals surface area contributed by atoms with E-state index < -0.39 is 11.9 Å². The van der Waals surface area contributed by atoms with Crippen molar-refractivity contribution in [3.05, 3.63) is 30.1 Å². The van der Waals surface area contributed by atoms with Gasteiger partial charge in [-0.05, 0) is 19.2 Å². The molecular formula is C10H14FNO2. The van der Waals surface area contributed by atoms with E-state index in [0.717, 1.165) is 0 Å². The maximum absolute atomic E-state index is 13.0. The summed E-state index contributed by atoms with van der Waals surface area (Å²) in [5.74, 6) is -0.244. The van der Waals surface area contributed by atoms with E-state index in [-0.39, 0.29) is 12.4 Å². The van der Waals surface area contributed by atoms with Gasteiger partial charge in [-0.25, -0.2) is 4.39 Å². The molecular weight excluding hydrogens is 185 g/mol. The number of likely N-dealkylation sites (N-methyl/N-ethyl adjacent to an activating group) is 1. The zero-order valence-electron chi connectivity index (χ0n) is 8.03. The van der Waals surface area contributed by atoms with Gasteiger partial charge in [0.15, 0.2) is 11.6 Å². The number of aliphatic hydroxyl groups excluding tert-OH is 1. The van der Waals surface area contributed by atoms with E-state index in [0.29, 0.717) is 6.54 Å². The summed E-state index contributed by atoms with van der Waals surface area (Å²) in [5.41, 5.74) is 0. The van der Waals surface area contributed by atoms with Gasteiger partial charge in [0.25, 0.3) is 0 Å². The molecule has 3 nitrogen and oxygen atoms in total. The van der Waals surface area contributed by atoms with E-state index in [1.165, 1.54) is 12.1 Å². The van der Waals surface area contributed by atoms with Gasteiger partial charge in [-0.1, -0.05) is 12.1 Å². The lowest BCUT2D eigenvalue weighted by Gasteiger charge is -2.11. The van der Waals surface area contributed by atoms with Crippen LogP contribution in [0.3, 0.4) is 0 Å². The van der Waals surface area contributed by atoms with E-state index in [1.54, 1.807) is 19.2 Å². The fourth-order valence-corrected chi connectivity index (χ4v) is 1.04. The molecule has 4 heteroatoms. The number of hydrogen-bond acceptors (Lipinski definition) is 3. The molecule has 0 aliphatic carbocycles. The Morgan fingerprint density at radius 2 is 2.21 bits per heavy atom. The van der Waals surface area contributed by atoms with Crippen molar-refractivity contribution in [1.82, 2.24) is 5.32 Å². The highest BCUT2D eigenvalue weighted by Crippen LogP contribution is 2.15. The second-order valence-corrected chi connectivity index (χ2v) is 2.95. The Bertz CT molecular complexity index is 281. The highest BCUT2D eigenvalue weighted by atomic mass is 19.1. The minimum absolute atomic E-state index is 0.0851. The molecule has 0 spiro atoms. The highest BCUT2D eigenvalue weighted by molar-refractivity contribution is 5.23. The topological polar surface area (TPSA) is 41.5 Å². The zero-order valence-corrected chi connectivity index (χ0v) is 8.03. The van der Waals surface area contributed by atoms with E-state index >= 15 is 0 Å². The van der Waals surface area contributed by atoms with Crippen LogP contribution >= 0.6 is 0 Å². The lowest BCUT2D eigenvalue weighted by atomic mass is 10.3. The number of ether oxygens (including phenoxy) is 1. The summed E-state index contributed by atoms with van der Waals surface area (Å²) in [5, 5.41) is 12.1. The third-order valence-corrected chi connectivity index (χ3v) is 1.71. The molecule has 1 atom stereocenters. The van der Waals surface area contributed by atoms with Crippen LogP contribution in [0.25, 0.3) is 0 Å². The molecule has 0 saturated heterocycles. The monoisotopic (exact) mass is 199 g/mol. The molecule has 0 aliphatic rings. The largest absolute Gasteiger partial charge is 0.488 e. The van der Waals surface area contributed by atoms with Crippen LogP contribution in [0.4, 0.5) is 4.39 Å². The number of benzene rings is 1. The summed E-state index contributed by atoms with van der Waals surface area (Å²) >= 11 is 0. The molecule has 14 heavy (non-hydrogen) atoms. The average molecular weight is 199 g/mol. The Hall–Kier alpha value is -1.13. The molecule has 1 rings (SSSR count). The minimum atomic E-state index is -0.625. The Kier molecular flexibility index (Phi) is 4.35. The quantitative estimate of drug-likeness (QED) is 0.736. The van der Waals surface area contributed by atoms with Crippen LogP contribution in [0.5, 0.6) is 5.75 Å². The Morgan fingerprint density at radius 3 is 2.86 bits per heavy atom. The standard InChI is InChI=1S/C10H14FNO2/c1-12-6-8(13)7-14-10-5-3-2-4-9(10)11/h2-5,8,12-13H,6-7H2,1H3. The number of aliphatic hydroxyl groups is 1. The third kappa shape index (κ3) is 3.32. The molecule has 0 amide bonds. The van der Waals surface area contributed by atoms with Crippen LogP contribution in [-0.2, 0) is 0 Å². The maximum Gasteiger partial charge on any atom is 0.165 e. The smallest absolute Gasteiger partial charge is 0.165 e. The Balaban J connectivity index is 2.41. The number of rotatable bonds is 5. The van der Waals surface area contributed by atoms with Crippen LogP contribution in [0.2, 0.25) is 0 Å². The van der Waals surface area contributed by atoms with Gasteiger partial charge in [-0.3, -0.25) is 0 Å². The molecule has 0 radical (unpaired) electrons. The maximum atomic E-state index is 13.0. The second-order valence-electron chi connectivity index (χ2n) is 2.95. The third-order valence-electron chi connectivity index (χ3n) is 1.71. The van der Waals surface area contributed by atoms with Crippen LogP contribution in [-0.4, -0.2) is 31.4 Å². The molecule has 0 heterocycles. The lowest BCUT2D eigenvalue weighted by molar-refractivity contribution is 0.106. The fraction of sp³-hybridized carbons (Fsp3) is 0.400. The van der Waals surface area contributed by atoms with Crippen molar-refractivity contribution in [3.63, 3.8) is 0 Å². The zero-order chi connectivity index (χ0) is 10.4. The second kappa shape index (κ2) is 5.57. The van der Waals surface area contributed by atoms with Gasteiger partial charge in [0.05, 0.1) is 0 Å². The average Bonchev–Trinajstić information content (AvgIpc) is 2.17. The van der Waals surface area contributed by atoms with Crippen molar-refractivity contribution in [2.24, 2.45) is 0 Å². The molecule has 1 aromatic rings. The van der Waals surface area contributed by atoms with Gasteiger partial charge in [0, 0.05) is 6.54 Å². The molecule has 0 aromatic heterocycles. The molecule has 0 aliphatic heterocycles. The summed E-state index contributed by atoms with van der Waals surface area (Å²) in [6, 6.07) is 6.12. The summed E-state index contributed by atoms with van der Waals surface area (Å²) in [6.07, 6.45) is -0.625. The Morgan fingerprint density at radius 1 is 1.50 bits per heavy atom. The minimum Gasteiger partial charge on any atom is -0.488 e. The molecule has 0 fully saturated rings. The summed E-state index contributed by atoms with van der Waals surface area (Å²) in [4.78, 5) is 0. The Labute approximate surface area is 82.5 Å². The van der Waals surface area contributed by atoms with Crippen LogP contribution < -0.4 is 10.1 Å². The van der Waals surface area contributed by atoms with Crippen molar-refractivity contribution in [3.8, 4) is 5.75 Å². The van der Waals surface area contributed by atoms with Crippen molar-refractivity contribution in [2.45, 2.75) is 6.10 Å². The highest BCUT2D eigenvalue weighted by Gasteiger charge is 2.06. The first-order chi connectivity index (χ1) is 6.74. The number of nitrogens with one attached hydrogen (secondary N) is 1. The normalized spacial score (nSPS) is 12.5. The fourth-order valence-electron chi connectivity index (χ4n) is 1.04. The lowest BCUT2D eigenvalue weighted by Crippen LogP contribution is -2.29. The molecule has 1 aromatic carbocycles.